The van der Waals surface area contributed by atoms with Crippen LogP contribution in [0.4, 0.5) is 5.69 Å². The van der Waals surface area contributed by atoms with Crippen LogP contribution in [0.25, 0.3) is 0 Å². The van der Waals surface area contributed by atoms with Crippen molar-refractivity contribution in [3.05, 3.63) is 65.2 Å². The number of carbonyl (C=O) groups excluding carboxylic acids is 3. The lowest BCUT2D eigenvalue weighted by Gasteiger charge is -2.25. The van der Waals surface area contributed by atoms with E-state index in [1.807, 2.05) is 12.1 Å². The lowest BCUT2D eigenvalue weighted by Crippen LogP contribution is -2.39. The van der Waals surface area contributed by atoms with Crippen molar-refractivity contribution in [2.75, 3.05) is 25.0 Å². The highest BCUT2D eigenvalue weighted by Crippen LogP contribution is 2.34. The van der Waals surface area contributed by atoms with Crippen LogP contribution >= 0.6 is 0 Å². The Morgan fingerprint density at radius 3 is 2.59 bits per heavy atom. The summed E-state index contributed by atoms with van der Waals surface area (Å²) in [6, 6.07) is 15.2. The molecule has 4 rings (SSSR count). The van der Waals surface area contributed by atoms with Crippen LogP contribution in [-0.4, -0.2) is 42.8 Å². The van der Waals surface area contributed by atoms with Crippen molar-refractivity contribution in [1.82, 2.24) is 10.2 Å². The zero-order valence-electron chi connectivity index (χ0n) is 16.6. The second-order valence-corrected chi connectivity index (χ2v) is 7.64. The van der Waals surface area contributed by atoms with E-state index < -0.39 is 0 Å². The Morgan fingerprint density at radius 1 is 1.10 bits per heavy atom. The Morgan fingerprint density at radius 2 is 1.86 bits per heavy atom. The molecule has 150 valence electrons. The van der Waals surface area contributed by atoms with Gasteiger partial charge in [0.05, 0.1) is 12.6 Å². The van der Waals surface area contributed by atoms with E-state index in [0.717, 1.165) is 31.5 Å². The monoisotopic (exact) mass is 391 g/mol. The number of carbonyl (C=O) groups is 3. The maximum atomic E-state index is 12.6. The van der Waals surface area contributed by atoms with Gasteiger partial charge in [0.15, 0.2) is 0 Å². The highest BCUT2D eigenvalue weighted by Gasteiger charge is 2.28. The Hall–Kier alpha value is -3.15. The van der Waals surface area contributed by atoms with E-state index in [4.69, 9.17) is 0 Å². The standard InChI is InChI=1S/C23H25N3O3/c1-25(20-13-10-16-5-2-3-6-19(16)20)22(28)15-24-23(29)17-8-11-18(12-9-17)26-14-4-7-21(26)27/h2-3,5-6,8-9,11-12,20H,4,7,10,13-15H2,1H3,(H,24,29). The summed E-state index contributed by atoms with van der Waals surface area (Å²) < 4.78 is 0. The number of benzene rings is 2. The maximum Gasteiger partial charge on any atom is 0.251 e. The largest absolute Gasteiger partial charge is 0.343 e. The van der Waals surface area contributed by atoms with Crippen LogP contribution in [0.5, 0.6) is 0 Å². The summed E-state index contributed by atoms with van der Waals surface area (Å²) in [6.45, 7) is 0.676. The fourth-order valence-electron chi connectivity index (χ4n) is 4.21. The summed E-state index contributed by atoms with van der Waals surface area (Å²) in [7, 11) is 1.79. The lowest BCUT2D eigenvalue weighted by molar-refractivity contribution is -0.131. The Labute approximate surface area is 170 Å². The predicted octanol–water partition coefficient (Wildman–Crippen LogP) is 2.69. The van der Waals surface area contributed by atoms with E-state index in [1.165, 1.54) is 11.1 Å². The third-order valence-electron chi connectivity index (χ3n) is 5.88. The van der Waals surface area contributed by atoms with Crippen LogP contribution in [0.1, 0.15) is 46.8 Å². The number of likely N-dealkylation sites (N-methyl/N-ethyl adjacent to an activating group) is 1. The van der Waals surface area contributed by atoms with Gasteiger partial charge in [0.2, 0.25) is 11.8 Å². The normalized spacial score (nSPS) is 17.9. The average Bonchev–Trinajstić information content (AvgIpc) is 3.37. The van der Waals surface area contributed by atoms with E-state index in [-0.39, 0.29) is 30.3 Å². The Kier molecular flexibility index (Phi) is 5.34. The molecule has 1 N–H and O–H groups in total. The summed E-state index contributed by atoms with van der Waals surface area (Å²) >= 11 is 0. The highest BCUT2D eigenvalue weighted by atomic mass is 16.2. The van der Waals surface area contributed by atoms with Gasteiger partial charge in [0, 0.05) is 31.3 Å². The summed E-state index contributed by atoms with van der Waals surface area (Å²) in [4.78, 5) is 40.3. The van der Waals surface area contributed by atoms with Gasteiger partial charge in [0.25, 0.3) is 5.91 Å². The van der Waals surface area contributed by atoms with E-state index in [1.54, 1.807) is 41.1 Å². The first-order valence-electron chi connectivity index (χ1n) is 10.1. The van der Waals surface area contributed by atoms with Crippen molar-refractivity contribution >= 4 is 23.4 Å². The summed E-state index contributed by atoms with van der Waals surface area (Å²) in [5, 5.41) is 2.71. The molecular weight excluding hydrogens is 366 g/mol. The van der Waals surface area contributed by atoms with E-state index in [0.29, 0.717) is 12.0 Å². The summed E-state index contributed by atoms with van der Waals surface area (Å²) in [5.41, 5.74) is 3.77. The van der Waals surface area contributed by atoms with Crippen LogP contribution in [0.3, 0.4) is 0 Å². The maximum absolute atomic E-state index is 12.6. The molecule has 2 aromatic carbocycles. The smallest absolute Gasteiger partial charge is 0.251 e. The lowest BCUT2D eigenvalue weighted by atomic mass is 10.1. The Bertz CT molecular complexity index is 939. The van der Waals surface area contributed by atoms with E-state index in [2.05, 4.69) is 17.4 Å². The molecule has 1 aliphatic heterocycles. The molecule has 2 aromatic rings. The number of fused-ring (bicyclic) bond motifs is 1. The van der Waals surface area contributed by atoms with Gasteiger partial charge in [-0.15, -0.1) is 0 Å². The molecule has 1 fully saturated rings. The molecule has 6 nitrogen and oxygen atoms in total. The number of hydrogen-bond acceptors (Lipinski definition) is 3. The van der Waals surface area contributed by atoms with Crippen molar-refractivity contribution in [1.29, 1.82) is 0 Å². The molecule has 2 aliphatic rings. The third-order valence-corrected chi connectivity index (χ3v) is 5.88. The molecule has 1 saturated heterocycles. The summed E-state index contributed by atoms with van der Waals surface area (Å²) in [5.74, 6) is -0.290. The first kappa shape index (κ1) is 19.2. The number of amides is 3. The quantitative estimate of drug-likeness (QED) is 0.852. The number of rotatable bonds is 5. The van der Waals surface area contributed by atoms with Crippen LogP contribution in [0, 0.1) is 0 Å². The minimum absolute atomic E-state index is 0.0413. The molecule has 1 heterocycles. The highest BCUT2D eigenvalue weighted by molar-refractivity contribution is 5.98. The van der Waals surface area contributed by atoms with Gasteiger partial charge < -0.3 is 15.1 Å². The molecule has 3 amide bonds. The number of anilines is 1. The minimum atomic E-state index is -0.294. The number of hydrogen-bond donors (Lipinski definition) is 1. The second kappa shape index (κ2) is 8.07. The molecule has 0 saturated carbocycles. The molecule has 1 unspecified atom stereocenters. The molecule has 0 bridgehead atoms. The average molecular weight is 391 g/mol. The van der Waals surface area contributed by atoms with Crippen molar-refractivity contribution in [3.63, 3.8) is 0 Å². The van der Waals surface area contributed by atoms with Gasteiger partial charge in [-0.1, -0.05) is 24.3 Å². The van der Waals surface area contributed by atoms with Crippen LogP contribution in [0.15, 0.2) is 48.5 Å². The fourth-order valence-corrected chi connectivity index (χ4v) is 4.21. The first-order chi connectivity index (χ1) is 14.0. The zero-order chi connectivity index (χ0) is 20.4. The van der Waals surface area contributed by atoms with Crippen LogP contribution in [0.2, 0.25) is 0 Å². The van der Waals surface area contributed by atoms with E-state index in [9.17, 15) is 14.4 Å². The zero-order valence-corrected chi connectivity index (χ0v) is 16.6. The van der Waals surface area contributed by atoms with Crippen LogP contribution in [-0.2, 0) is 16.0 Å². The van der Waals surface area contributed by atoms with Gasteiger partial charge in [-0.25, -0.2) is 0 Å². The second-order valence-electron chi connectivity index (χ2n) is 7.64. The van der Waals surface area contributed by atoms with Crippen molar-refractivity contribution in [2.45, 2.75) is 31.7 Å². The minimum Gasteiger partial charge on any atom is -0.343 e. The summed E-state index contributed by atoms with van der Waals surface area (Å²) in [6.07, 6.45) is 3.31. The predicted molar refractivity (Wildman–Crippen MR) is 111 cm³/mol. The number of aryl methyl sites for hydroxylation is 1. The molecular formula is C23H25N3O3. The number of nitrogens with one attached hydrogen (secondary N) is 1. The Balaban J connectivity index is 1.33. The molecule has 0 aromatic heterocycles. The van der Waals surface area contributed by atoms with Crippen molar-refractivity contribution in [3.8, 4) is 0 Å². The van der Waals surface area contributed by atoms with Crippen molar-refractivity contribution in [2.24, 2.45) is 0 Å². The fraction of sp³-hybridized carbons (Fsp3) is 0.348. The van der Waals surface area contributed by atoms with Gasteiger partial charge in [0.1, 0.15) is 0 Å². The number of nitrogens with zero attached hydrogens (tertiary/aromatic N) is 2. The molecule has 1 atom stereocenters. The van der Waals surface area contributed by atoms with Gasteiger partial charge >= 0.3 is 0 Å². The van der Waals surface area contributed by atoms with Crippen LogP contribution < -0.4 is 10.2 Å². The van der Waals surface area contributed by atoms with Crippen molar-refractivity contribution < 1.29 is 14.4 Å². The van der Waals surface area contributed by atoms with Gasteiger partial charge in [-0.3, -0.25) is 14.4 Å². The molecule has 0 radical (unpaired) electrons. The molecule has 29 heavy (non-hydrogen) atoms. The van der Waals surface area contributed by atoms with E-state index >= 15 is 0 Å². The first-order valence-corrected chi connectivity index (χ1v) is 10.1. The third kappa shape index (κ3) is 3.88. The SMILES string of the molecule is CN(C(=O)CNC(=O)c1ccc(N2CCCC2=O)cc1)C1CCc2ccccc21. The topological polar surface area (TPSA) is 69.7 Å². The molecule has 1 aliphatic carbocycles. The molecule has 6 heteroatoms. The molecule has 0 spiro atoms. The van der Waals surface area contributed by atoms with Gasteiger partial charge in [-0.2, -0.15) is 0 Å². The van der Waals surface area contributed by atoms with Gasteiger partial charge in [-0.05, 0) is 54.7 Å².